The fraction of sp³-hybridized carbons (Fsp3) is 0.583. The summed E-state index contributed by atoms with van der Waals surface area (Å²) in [6.45, 7) is 2.28. The minimum absolute atomic E-state index is 0.0385. The summed E-state index contributed by atoms with van der Waals surface area (Å²) in [5.41, 5.74) is -0.507. The highest BCUT2D eigenvalue weighted by Crippen LogP contribution is 2.26. The van der Waals surface area contributed by atoms with Crippen molar-refractivity contribution in [2.24, 2.45) is 0 Å². The molecule has 0 bridgehead atoms. The zero-order valence-corrected chi connectivity index (χ0v) is 13.0. The second-order valence-corrected chi connectivity index (χ2v) is 7.28. The van der Waals surface area contributed by atoms with Crippen LogP contribution in [0.4, 0.5) is 0 Å². The number of aromatic amines is 1. The van der Waals surface area contributed by atoms with Crippen LogP contribution in [0.15, 0.2) is 22.0 Å². The lowest BCUT2D eigenvalue weighted by Crippen LogP contribution is -2.41. The number of aromatic nitrogens is 1. The van der Waals surface area contributed by atoms with Crippen molar-refractivity contribution >= 4 is 21.6 Å². The molecule has 1 fully saturated rings. The first-order valence-corrected chi connectivity index (χ1v) is 8.27. The van der Waals surface area contributed by atoms with Gasteiger partial charge in [-0.05, 0) is 32.9 Å². The Balaban J connectivity index is 2.03. The fourth-order valence-electron chi connectivity index (χ4n) is 1.89. The maximum atomic E-state index is 12.1. The third kappa shape index (κ3) is 3.60. The number of nitrogens with zero attached hydrogens (tertiary/aromatic N) is 1. The topological polar surface area (TPSA) is 82.3 Å². The Hall–Kier alpha value is -0.890. The van der Waals surface area contributed by atoms with E-state index in [9.17, 15) is 13.2 Å². The number of rotatable bonds is 6. The van der Waals surface area contributed by atoms with E-state index in [0.29, 0.717) is 12.6 Å². The predicted octanol–water partition coefficient (Wildman–Crippen LogP) is 0.789. The molecule has 0 aromatic carbocycles. The van der Waals surface area contributed by atoms with Crippen molar-refractivity contribution in [2.45, 2.75) is 36.7 Å². The Labute approximate surface area is 123 Å². The van der Waals surface area contributed by atoms with Gasteiger partial charge in [0, 0.05) is 24.8 Å². The Kier molecular flexibility index (Phi) is 4.53. The second-order valence-electron chi connectivity index (χ2n) is 5.11. The summed E-state index contributed by atoms with van der Waals surface area (Å²) < 4.78 is 26.7. The van der Waals surface area contributed by atoms with Gasteiger partial charge in [-0.25, -0.2) is 13.1 Å². The molecular weight excluding hydrogens is 302 g/mol. The molecule has 0 radical (unpaired) electrons. The average molecular weight is 320 g/mol. The average Bonchev–Trinajstić information content (AvgIpc) is 3.22. The minimum atomic E-state index is -3.66. The SMILES string of the molecule is CC(CNS(=O)(=O)c1c[nH]c(=O)c(Cl)c1)N(C)C1CC1. The molecule has 1 saturated carbocycles. The first-order chi connectivity index (χ1) is 9.31. The molecule has 1 heterocycles. The number of H-pyrrole nitrogens is 1. The van der Waals surface area contributed by atoms with E-state index in [0.717, 1.165) is 12.3 Å². The van der Waals surface area contributed by atoms with Gasteiger partial charge >= 0.3 is 0 Å². The summed E-state index contributed by atoms with van der Waals surface area (Å²) in [5, 5.41) is -0.143. The zero-order valence-electron chi connectivity index (χ0n) is 11.4. The van der Waals surface area contributed by atoms with Crippen LogP contribution in [-0.2, 0) is 10.0 Å². The molecule has 2 N–H and O–H groups in total. The molecule has 0 saturated heterocycles. The number of halogens is 1. The standard InChI is InChI=1S/C12H18ClN3O3S/c1-8(16(2)9-3-4-9)6-15-20(18,19)10-5-11(13)12(17)14-7-10/h5,7-9,15H,3-4,6H2,1-2H3,(H,14,17). The van der Waals surface area contributed by atoms with E-state index in [2.05, 4.69) is 14.6 Å². The first kappa shape index (κ1) is 15.5. The van der Waals surface area contributed by atoms with Crippen molar-refractivity contribution in [3.63, 3.8) is 0 Å². The Morgan fingerprint density at radius 3 is 2.75 bits per heavy atom. The van der Waals surface area contributed by atoms with Gasteiger partial charge in [0.25, 0.3) is 5.56 Å². The first-order valence-electron chi connectivity index (χ1n) is 6.41. The van der Waals surface area contributed by atoms with Gasteiger partial charge in [0.05, 0.1) is 4.90 Å². The van der Waals surface area contributed by atoms with Crippen LogP contribution in [0.5, 0.6) is 0 Å². The molecule has 1 unspecified atom stereocenters. The van der Waals surface area contributed by atoms with Crippen LogP contribution < -0.4 is 10.3 Å². The third-order valence-corrected chi connectivity index (χ3v) is 5.21. The lowest BCUT2D eigenvalue weighted by molar-refractivity contribution is 0.248. The molecule has 1 aromatic rings. The van der Waals surface area contributed by atoms with Crippen molar-refractivity contribution < 1.29 is 8.42 Å². The van der Waals surface area contributed by atoms with Crippen LogP contribution >= 0.6 is 11.6 Å². The van der Waals surface area contributed by atoms with E-state index in [1.165, 1.54) is 12.8 Å². The summed E-state index contributed by atoms with van der Waals surface area (Å²) >= 11 is 5.64. The van der Waals surface area contributed by atoms with Gasteiger partial charge in [0.1, 0.15) is 5.02 Å². The van der Waals surface area contributed by atoms with E-state index in [-0.39, 0.29) is 16.0 Å². The predicted molar refractivity (Wildman–Crippen MR) is 77.5 cm³/mol. The number of nitrogens with one attached hydrogen (secondary N) is 2. The van der Waals surface area contributed by atoms with Crippen LogP contribution in [0.2, 0.25) is 5.02 Å². The molecular formula is C12H18ClN3O3S. The molecule has 1 aliphatic carbocycles. The van der Waals surface area contributed by atoms with Crippen LogP contribution in [0.3, 0.4) is 0 Å². The number of pyridine rings is 1. The monoisotopic (exact) mass is 319 g/mol. The summed E-state index contributed by atoms with van der Waals surface area (Å²) in [7, 11) is -1.67. The Bertz CT molecular complexity index is 640. The van der Waals surface area contributed by atoms with E-state index >= 15 is 0 Å². The van der Waals surface area contributed by atoms with E-state index in [1.54, 1.807) is 0 Å². The minimum Gasteiger partial charge on any atom is -0.326 e. The lowest BCUT2D eigenvalue weighted by Gasteiger charge is -2.24. The van der Waals surface area contributed by atoms with Gasteiger partial charge in [-0.1, -0.05) is 11.6 Å². The summed E-state index contributed by atoms with van der Waals surface area (Å²) in [4.78, 5) is 15.6. The van der Waals surface area contributed by atoms with E-state index in [1.807, 2.05) is 14.0 Å². The van der Waals surface area contributed by atoms with Gasteiger partial charge in [-0.3, -0.25) is 9.69 Å². The van der Waals surface area contributed by atoms with Gasteiger partial charge in [0.2, 0.25) is 10.0 Å². The van der Waals surface area contributed by atoms with Crippen LogP contribution in [0.25, 0.3) is 0 Å². The molecule has 8 heteroatoms. The molecule has 0 aliphatic heterocycles. The largest absolute Gasteiger partial charge is 0.326 e. The smallest absolute Gasteiger partial charge is 0.266 e. The lowest BCUT2D eigenvalue weighted by atomic mass is 10.3. The molecule has 112 valence electrons. The summed E-state index contributed by atoms with van der Waals surface area (Å²) in [6, 6.07) is 1.82. The van der Waals surface area contributed by atoms with Crippen molar-refractivity contribution in [3.8, 4) is 0 Å². The van der Waals surface area contributed by atoms with Crippen LogP contribution in [0.1, 0.15) is 19.8 Å². The van der Waals surface area contributed by atoms with Crippen LogP contribution in [-0.4, -0.2) is 44.0 Å². The maximum Gasteiger partial charge on any atom is 0.266 e. The van der Waals surface area contributed by atoms with Crippen molar-refractivity contribution in [3.05, 3.63) is 27.6 Å². The molecule has 1 aromatic heterocycles. The molecule has 2 rings (SSSR count). The Morgan fingerprint density at radius 1 is 1.55 bits per heavy atom. The molecule has 0 amide bonds. The quantitative estimate of drug-likeness (QED) is 0.812. The maximum absolute atomic E-state index is 12.1. The molecule has 0 spiro atoms. The zero-order chi connectivity index (χ0) is 14.9. The van der Waals surface area contributed by atoms with Crippen molar-refractivity contribution in [1.82, 2.24) is 14.6 Å². The molecule has 1 aliphatic rings. The molecule has 20 heavy (non-hydrogen) atoms. The summed E-state index contributed by atoms with van der Waals surface area (Å²) in [5.74, 6) is 0. The highest BCUT2D eigenvalue weighted by Gasteiger charge is 2.29. The highest BCUT2D eigenvalue weighted by molar-refractivity contribution is 7.89. The number of sulfonamides is 1. The van der Waals surface area contributed by atoms with Gasteiger partial charge in [-0.2, -0.15) is 0 Å². The number of hydrogen-bond donors (Lipinski definition) is 2. The van der Waals surface area contributed by atoms with Gasteiger partial charge < -0.3 is 4.98 Å². The van der Waals surface area contributed by atoms with E-state index < -0.39 is 15.6 Å². The molecule has 1 atom stereocenters. The fourth-order valence-corrected chi connectivity index (χ4v) is 3.24. The third-order valence-electron chi connectivity index (χ3n) is 3.53. The molecule has 6 nitrogen and oxygen atoms in total. The number of likely N-dealkylation sites (N-methyl/N-ethyl adjacent to an activating group) is 1. The Morgan fingerprint density at radius 2 is 2.20 bits per heavy atom. The normalized spacial score (nSPS) is 17.4. The van der Waals surface area contributed by atoms with Gasteiger partial charge in [-0.15, -0.1) is 0 Å². The highest BCUT2D eigenvalue weighted by atomic mass is 35.5. The van der Waals surface area contributed by atoms with Crippen molar-refractivity contribution in [1.29, 1.82) is 0 Å². The summed E-state index contributed by atoms with van der Waals surface area (Å²) in [6.07, 6.45) is 3.48. The van der Waals surface area contributed by atoms with Crippen LogP contribution in [0, 0.1) is 0 Å². The van der Waals surface area contributed by atoms with Crippen molar-refractivity contribution in [2.75, 3.05) is 13.6 Å². The van der Waals surface area contributed by atoms with E-state index in [4.69, 9.17) is 11.6 Å². The van der Waals surface area contributed by atoms with Gasteiger partial charge in [0.15, 0.2) is 0 Å². The second kappa shape index (κ2) is 5.85. The number of hydrogen-bond acceptors (Lipinski definition) is 4.